The summed E-state index contributed by atoms with van der Waals surface area (Å²) < 4.78 is 5.42. The molecule has 1 fully saturated rings. The highest BCUT2D eigenvalue weighted by Gasteiger charge is 2.20. The number of rotatable bonds is 5. The van der Waals surface area contributed by atoms with E-state index in [-0.39, 0.29) is 18.4 Å². The minimum atomic E-state index is 0.00738. The molecular weight excluding hydrogens is 264 g/mol. The van der Waals surface area contributed by atoms with Gasteiger partial charge < -0.3 is 4.74 Å². The number of para-hydroxylation sites is 1. The van der Waals surface area contributed by atoms with Crippen molar-refractivity contribution in [2.75, 3.05) is 6.61 Å². The van der Waals surface area contributed by atoms with E-state index in [0.29, 0.717) is 5.75 Å². The maximum absolute atomic E-state index is 12.0. The van der Waals surface area contributed by atoms with Crippen LogP contribution >= 0.6 is 0 Å². The van der Waals surface area contributed by atoms with Crippen LogP contribution in [0.3, 0.4) is 0 Å². The van der Waals surface area contributed by atoms with E-state index < -0.39 is 0 Å². The molecule has 0 aliphatic heterocycles. The number of hydrogen-bond acceptors (Lipinski definition) is 3. The highest BCUT2D eigenvalue weighted by Crippen LogP contribution is 2.23. The summed E-state index contributed by atoms with van der Waals surface area (Å²) in [5.41, 5.74) is 3.41. The molecule has 0 bridgehead atoms. The quantitative estimate of drug-likeness (QED) is 0.513. The first-order valence-electron chi connectivity index (χ1n) is 7.29. The molecular formula is C17H20N2O2. The van der Waals surface area contributed by atoms with Gasteiger partial charge in [0.25, 0.3) is 0 Å². The van der Waals surface area contributed by atoms with Crippen molar-refractivity contribution < 1.29 is 9.53 Å². The fourth-order valence-corrected chi connectivity index (χ4v) is 2.46. The van der Waals surface area contributed by atoms with E-state index >= 15 is 0 Å². The molecule has 4 nitrogen and oxygen atoms in total. The molecule has 0 spiro atoms. The molecule has 1 aromatic carbocycles. The van der Waals surface area contributed by atoms with Crippen LogP contribution in [0, 0.1) is 18.3 Å². The first kappa shape index (κ1) is 15.1. The predicted molar refractivity (Wildman–Crippen MR) is 83.1 cm³/mol. The lowest BCUT2D eigenvalue weighted by Gasteiger charge is -2.19. The molecule has 4 heteroatoms. The van der Waals surface area contributed by atoms with Crippen molar-refractivity contribution in [3.8, 4) is 18.1 Å². The molecule has 2 rings (SSSR count). The smallest absolute Gasteiger partial charge is 0.243 e. The van der Waals surface area contributed by atoms with Crippen LogP contribution in [0.25, 0.3) is 0 Å². The lowest BCUT2D eigenvalue weighted by molar-refractivity contribution is -0.125. The Morgan fingerprint density at radius 1 is 1.38 bits per heavy atom. The van der Waals surface area contributed by atoms with Gasteiger partial charge >= 0.3 is 0 Å². The summed E-state index contributed by atoms with van der Waals surface area (Å²) in [6.45, 7) is 0.208. The van der Waals surface area contributed by atoms with Crippen molar-refractivity contribution in [1.29, 1.82) is 0 Å². The van der Waals surface area contributed by atoms with Gasteiger partial charge in [-0.3, -0.25) is 4.79 Å². The third-order valence-corrected chi connectivity index (χ3v) is 3.58. The van der Waals surface area contributed by atoms with Gasteiger partial charge in [-0.1, -0.05) is 37.3 Å². The fraction of sp³-hybridized carbons (Fsp3) is 0.412. The number of nitrogens with one attached hydrogen (secondary N) is 1. The molecule has 0 atom stereocenters. The van der Waals surface area contributed by atoms with Crippen LogP contribution in [0.4, 0.5) is 0 Å². The fourth-order valence-electron chi connectivity index (χ4n) is 2.46. The zero-order valence-electron chi connectivity index (χ0n) is 12.0. The molecule has 1 N–H and O–H groups in total. The molecule has 0 radical (unpaired) electrons. The number of nitrogens with zero attached hydrogens (tertiary/aromatic N) is 1. The maximum atomic E-state index is 12.0. The molecule has 1 aromatic rings. The number of benzene rings is 1. The summed E-state index contributed by atoms with van der Waals surface area (Å²) in [6.07, 6.45) is 12.2. The van der Waals surface area contributed by atoms with Crippen LogP contribution in [0.5, 0.6) is 5.75 Å². The number of hydrogen-bond donors (Lipinski definition) is 1. The van der Waals surface area contributed by atoms with E-state index in [1.807, 2.05) is 24.3 Å². The summed E-state index contributed by atoms with van der Waals surface area (Å²) in [5, 5.41) is 4.03. The first-order chi connectivity index (χ1) is 10.3. The molecule has 1 aliphatic rings. The Morgan fingerprint density at radius 2 is 2.14 bits per heavy atom. The van der Waals surface area contributed by atoms with Crippen molar-refractivity contribution in [1.82, 2.24) is 5.43 Å². The molecule has 21 heavy (non-hydrogen) atoms. The van der Waals surface area contributed by atoms with Crippen LogP contribution < -0.4 is 10.2 Å². The Hall–Kier alpha value is -2.28. The summed E-state index contributed by atoms with van der Waals surface area (Å²) in [5.74, 6) is 3.19. The van der Waals surface area contributed by atoms with Crippen molar-refractivity contribution in [3.63, 3.8) is 0 Å². The Balaban J connectivity index is 1.91. The Bertz CT molecular complexity index is 540. The van der Waals surface area contributed by atoms with Crippen LogP contribution in [0.1, 0.15) is 37.7 Å². The lowest BCUT2D eigenvalue weighted by atomic mass is 9.89. The number of ether oxygens (including phenoxy) is 1. The van der Waals surface area contributed by atoms with Crippen LogP contribution in [-0.2, 0) is 4.79 Å². The topological polar surface area (TPSA) is 50.7 Å². The second-order valence-corrected chi connectivity index (χ2v) is 5.10. The Morgan fingerprint density at radius 3 is 2.90 bits per heavy atom. The van der Waals surface area contributed by atoms with Gasteiger partial charge in [-0.25, -0.2) is 5.43 Å². The molecule has 0 heterocycles. The third-order valence-electron chi connectivity index (χ3n) is 3.58. The van der Waals surface area contributed by atoms with E-state index in [9.17, 15) is 4.79 Å². The normalized spacial score (nSPS) is 15.6. The van der Waals surface area contributed by atoms with Gasteiger partial charge in [-0.15, -0.1) is 6.42 Å². The van der Waals surface area contributed by atoms with Crippen molar-refractivity contribution in [3.05, 3.63) is 29.8 Å². The van der Waals surface area contributed by atoms with Crippen LogP contribution in [0.2, 0.25) is 0 Å². The van der Waals surface area contributed by atoms with Crippen molar-refractivity contribution in [2.45, 2.75) is 32.1 Å². The largest absolute Gasteiger partial charge is 0.480 e. The highest BCUT2D eigenvalue weighted by molar-refractivity contribution is 5.85. The molecule has 0 aromatic heterocycles. The van der Waals surface area contributed by atoms with Crippen molar-refractivity contribution in [2.24, 2.45) is 11.0 Å². The van der Waals surface area contributed by atoms with Gasteiger partial charge in [0.15, 0.2) is 0 Å². The monoisotopic (exact) mass is 284 g/mol. The van der Waals surface area contributed by atoms with E-state index in [1.54, 1.807) is 6.21 Å². The van der Waals surface area contributed by atoms with Gasteiger partial charge in [0.05, 0.1) is 6.21 Å². The second kappa shape index (κ2) is 8.11. The van der Waals surface area contributed by atoms with Gasteiger partial charge in [-0.2, -0.15) is 5.10 Å². The molecule has 0 unspecified atom stereocenters. The lowest BCUT2D eigenvalue weighted by Crippen LogP contribution is -2.28. The minimum absolute atomic E-state index is 0.00738. The van der Waals surface area contributed by atoms with E-state index in [2.05, 4.69) is 16.4 Å². The average molecular weight is 284 g/mol. The predicted octanol–water partition coefficient (Wildman–Crippen LogP) is 2.73. The van der Waals surface area contributed by atoms with Crippen LogP contribution in [0.15, 0.2) is 29.4 Å². The first-order valence-corrected chi connectivity index (χ1v) is 7.29. The highest BCUT2D eigenvalue weighted by atomic mass is 16.5. The molecule has 1 amide bonds. The second-order valence-electron chi connectivity index (χ2n) is 5.10. The number of hydrazone groups is 1. The molecule has 0 saturated heterocycles. The molecule has 110 valence electrons. The number of carbonyl (C=O) groups is 1. The van der Waals surface area contributed by atoms with Crippen LogP contribution in [-0.4, -0.2) is 18.7 Å². The molecule has 1 saturated carbocycles. The maximum Gasteiger partial charge on any atom is 0.243 e. The standard InChI is InChI=1S/C17H20N2O2/c1-2-12-21-16-11-7-6-10-15(16)13-18-19-17(20)14-8-4-3-5-9-14/h1,6-7,10-11,13-14H,3-5,8-9,12H2,(H,19,20)/b18-13-. The summed E-state index contributed by atoms with van der Waals surface area (Å²) in [6, 6.07) is 7.43. The molecule has 1 aliphatic carbocycles. The Kier molecular flexibility index (Phi) is 5.83. The zero-order chi connectivity index (χ0) is 14.9. The SMILES string of the molecule is C#CCOc1ccccc1/C=N\NC(=O)C1CCCCC1. The number of carbonyl (C=O) groups excluding carboxylic acids is 1. The average Bonchev–Trinajstić information content (AvgIpc) is 2.54. The third kappa shape index (κ3) is 4.64. The van der Waals surface area contributed by atoms with Gasteiger partial charge in [0.2, 0.25) is 5.91 Å². The summed E-state index contributed by atoms with van der Waals surface area (Å²) in [4.78, 5) is 12.0. The summed E-state index contributed by atoms with van der Waals surface area (Å²) >= 11 is 0. The van der Waals surface area contributed by atoms with E-state index in [0.717, 1.165) is 31.2 Å². The van der Waals surface area contributed by atoms with E-state index in [1.165, 1.54) is 6.42 Å². The summed E-state index contributed by atoms with van der Waals surface area (Å²) in [7, 11) is 0. The zero-order valence-corrected chi connectivity index (χ0v) is 12.0. The van der Waals surface area contributed by atoms with Gasteiger partial charge in [0, 0.05) is 11.5 Å². The van der Waals surface area contributed by atoms with Gasteiger partial charge in [0.1, 0.15) is 12.4 Å². The Labute approximate surface area is 125 Å². The minimum Gasteiger partial charge on any atom is -0.480 e. The number of terminal acetylenes is 1. The van der Waals surface area contributed by atoms with E-state index in [4.69, 9.17) is 11.2 Å². The van der Waals surface area contributed by atoms with Crippen molar-refractivity contribution >= 4 is 12.1 Å². The van der Waals surface area contributed by atoms with Gasteiger partial charge in [-0.05, 0) is 25.0 Å². The number of amides is 1.